The van der Waals surface area contributed by atoms with Crippen LogP contribution < -0.4 is 14.5 Å². The molecular weight excluding hydrogens is 442 g/mol. The molecule has 0 amide bonds. The number of benzene rings is 4. The number of ether oxygens (including phenoxy) is 1. The van der Waals surface area contributed by atoms with Crippen molar-refractivity contribution in [3.8, 4) is 5.75 Å². The summed E-state index contributed by atoms with van der Waals surface area (Å²) in [7, 11) is 0. The van der Waals surface area contributed by atoms with Crippen molar-refractivity contribution in [2.45, 2.75) is 44.2 Å². The van der Waals surface area contributed by atoms with Crippen molar-refractivity contribution in [1.82, 2.24) is 0 Å². The minimum atomic E-state index is -0.637. The molecule has 4 aromatic carbocycles. The third kappa shape index (κ3) is 2.42. The summed E-state index contributed by atoms with van der Waals surface area (Å²) in [5.74, 6) is 0.878. The smallest absolute Gasteiger partial charge is 0.228 e. The maximum absolute atomic E-state index is 7.22. The fourth-order valence-corrected chi connectivity index (χ4v) is 7.12. The summed E-state index contributed by atoms with van der Waals surface area (Å²) in [5, 5.41) is 2.37. The quantitative estimate of drug-likeness (QED) is 0.297. The third-order valence-corrected chi connectivity index (χ3v) is 8.96. The van der Waals surface area contributed by atoms with Gasteiger partial charge in [0.05, 0.1) is 17.3 Å². The Bertz CT molecular complexity index is 1600. The number of para-hydroxylation sites is 2. The number of hydrogen-bond donors (Lipinski definition) is 0. The first-order chi connectivity index (χ1) is 17.6. The molecule has 4 aliphatic heterocycles. The van der Waals surface area contributed by atoms with E-state index in [1.165, 1.54) is 39.1 Å². The van der Waals surface area contributed by atoms with Crippen molar-refractivity contribution < 1.29 is 4.74 Å². The van der Waals surface area contributed by atoms with Crippen molar-refractivity contribution in [1.29, 1.82) is 0 Å². The van der Waals surface area contributed by atoms with E-state index in [0.29, 0.717) is 0 Å². The molecule has 0 unspecified atom stereocenters. The molecule has 0 fully saturated rings. The van der Waals surface area contributed by atoms with Gasteiger partial charge in [-0.1, -0.05) is 60.7 Å². The molecule has 36 heavy (non-hydrogen) atoms. The van der Waals surface area contributed by atoms with Gasteiger partial charge in [0.1, 0.15) is 5.69 Å². The topological polar surface area (TPSA) is 28.1 Å². The molecule has 8 rings (SSSR count). The molecule has 1 atom stereocenters. The second kappa shape index (κ2) is 6.91. The fraction of sp³-hybridized carbons (Fsp3) is 0.281. The van der Waals surface area contributed by atoms with Crippen molar-refractivity contribution >= 4 is 39.7 Å². The van der Waals surface area contributed by atoms with E-state index in [0.717, 1.165) is 49.2 Å². The van der Waals surface area contributed by atoms with Crippen molar-refractivity contribution in [3.05, 3.63) is 89.5 Å². The summed E-state index contributed by atoms with van der Waals surface area (Å²) in [6.07, 6.45) is 5.42. The Morgan fingerprint density at radius 3 is 2.53 bits per heavy atom. The number of nitrogens with zero attached hydrogens (tertiary/aromatic N) is 3. The predicted molar refractivity (Wildman–Crippen MR) is 148 cm³/mol. The molecule has 0 aliphatic carbocycles. The van der Waals surface area contributed by atoms with Crippen LogP contribution in [-0.2, 0) is 18.3 Å². The monoisotopic (exact) mass is 471 g/mol. The maximum atomic E-state index is 7.22. The average Bonchev–Trinajstić information content (AvgIpc) is 3.42. The molecule has 0 radical (unpaired) electrons. The molecule has 4 aromatic rings. The van der Waals surface area contributed by atoms with Crippen LogP contribution in [0, 0.1) is 0 Å². The highest BCUT2D eigenvalue weighted by molar-refractivity contribution is 6.07. The van der Waals surface area contributed by atoms with Gasteiger partial charge in [-0.3, -0.25) is 4.99 Å². The van der Waals surface area contributed by atoms with E-state index in [-0.39, 0.29) is 5.41 Å². The minimum Gasteiger partial charge on any atom is -0.459 e. The largest absolute Gasteiger partial charge is 0.459 e. The number of hydrogen-bond acceptors (Lipinski definition) is 4. The van der Waals surface area contributed by atoms with E-state index in [2.05, 4.69) is 103 Å². The lowest BCUT2D eigenvalue weighted by Gasteiger charge is -2.47. The van der Waals surface area contributed by atoms with Crippen LogP contribution in [0.1, 0.15) is 37.0 Å². The third-order valence-electron chi connectivity index (χ3n) is 8.96. The highest BCUT2D eigenvalue weighted by Gasteiger charge is 2.60. The van der Waals surface area contributed by atoms with Gasteiger partial charge in [0, 0.05) is 41.3 Å². The van der Waals surface area contributed by atoms with Gasteiger partial charge in [-0.05, 0) is 55.9 Å². The van der Waals surface area contributed by atoms with Crippen LogP contribution >= 0.6 is 0 Å². The molecule has 0 aromatic heterocycles. The Balaban J connectivity index is 1.34. The van der Waals surface area contributed by atoms with E-state index >= 15 is 0 Å². The summed E-state index contributed by atoms with van der Waals surface area (Å²) in [6.45, 7) is 6.59. The lowest BCUT2D eigenvalue weighted by Crippen LogP contribution is -2.62. The number of fused-ring (bicyclic) bond motifs is 5. The van der Waals surface area contributed by atoms with E-state index < -0.39 is 5.72 Å². The molecular formula is C32H29N3O. The van der Waals surface area contributed by atoms with Crippen LogP contribution in [0.5, 0.6) is 5.75 Å². The van der Waals surface area contributed by atoms with Gasteiger partial charge in [0.25, 0.3) is 0 Å². The van der Waals surface area contributed by atoms with Crippen molar-refractivity contribution in [2.24, 2.45) is 4.99 Å². The Kier molecular flexibility index (Phi) is 3.92. The first kappa shape index (κ1) is 20.4. The van der Waals surface area contributed by atoms with E-state index in [1.54, 1.807) is 0 Å². The van der Waals surface area contributed by atoms with Crippen LogP contribution in [0.15, 0.2) is 77.8 Å². The minimum absolute atomic E-state index is 0.240. The first-order valence-corrected chi connectivity index (χ1v) is 13.1. The SMILES string of the molecule is CC1(C)c2cccc3c2N(CCC3)[C@]12C=Nc1c(cc(N3CCc4ccccc43)c3ccccc13)O2. The summed E-state index contributed by atoms with van der Waals surface area (Å²) in [6, 6.07) is 26.4. The molecule has 178 valence electrons. The van der Waals surface area contributed by atoms with Crippen LogP contribution in [0.2, 0.25) is 0 Å². The Morgan fingerprint density at radius 1 is 0.806 bits per heavy atom. The molecule has 4 aliphatic rings. The highest BCUT2D eigenvalue weighted by Crippen LogP contribution is 2.57. The van der Waals surface area contributed by atoms with Crippen LogP contribution in [0.25, 0.3) is 10.8 Å². The van der Waals surface area contributed by atoms with E-state index in [9.17, 15) is 0 Å². The second-order valence-corrected chi connectivity index (χ2v) is 11.1. The van der Waals surface area contributed by atoms with Crippen LogP contribution in [-0.4, -0.2) is 25.0 Å². The zero-order valence-corrected chi connectivity index (χ0v) is 20.8. The van der Waals surface area contributed by atoms with Gasteiger partial charge < -0.3 is 14.5 Å². The standard InChI is InChI=1S/C32H29N3O/c1-31(2)25-14-7-10-22-11-8-17-35(30(22)25)32(31)20-33-29-24-13-5-4-12-23(24)27(19-28(29)36-32)34-18-16-21-9-3-6-15-26(21)34/h3-7,9-10,12-15,19-20H,8,11,16-18H2,1-2H3/t32-/m0/s1. The normalized spacial score (nSPS) is 22.5. The molecule has 0 saturated heterocycles. The molecule has 0 N–H and O–H groups in total. The van der Waals surface area contributed by atoms with E-state index in [1.807, 2.05) is 0 Å². The van der Waals surface area contributed by atoms with E-state index in [4.69, 9.17) is 9.73 Å². The first-order valence-electron chi connectivity index (χ1n) is 13.1. The Hall–Kier alpha value is -3.79. The predicted octanol–water partition coefficient (Wildman–Crippen LogP) is 7.07. The van der Waals surface area contributed by atoms with Crippen LogP contribution in [0.3, 0.4) is 0 Å². The zero-order chi connectivity index (χ0) is 24.1. The summed E-state index contributed by atoms with van der Waals surface area (Å²) in [4.78, 5) is 10.1. The summed E-state index contributed by atoms with van der Waals surface area (Å²) in [5.41, 5.74) is 8.12. The lowest BCUT2D eigenvalue weighted by atomic mass is 9.77. The molecule has 4 heterocycles. The number of aryl methyl sites for hydroxylation is 1. The van der Waals surface area contributed by atoms with Crippen molar-refractivity contribution in [3.63, 3.8) is 0 Å². The van der Waals surface area contributed by atoms with Gasteiger partial charge in [-0.15, -0.1) is 0 Å². The molecule has 0 saturated carbocycles. The number of aliphatic imine (C=N–C) groups is 1. The lowest BCUT2D eigenvalue weighted by molar-refractivity contribution is 0.0770. The average molecular weight is 472 g/mol. The van der Waals surface area contributed by atoms with Crippen molar-refractivity contribution in [2.75, 3.05) is 22.9 Å². The molecule has 1 spiro atoms. The highest BCUT2D eigenvalue weighted by atomic mass is 16.5. The van der Waals surface area contributed by atoms with Gasteiger partial charge in [-0.25, -0.2) is 0 Å². The van der Waals surface area contributed by atoms with Crippen LogP contribution in [0.4, 0.5) is 22.7 Å². The maximum Gasteiger partial charge on any atom is 0.228 e. The number of rotatable bonds is 1. The fourth-order valence-electron chi connectivity index (χ4n) is 7.12. The second-order valence-electron chi connectivity index (χ2n) is 11.1. The van der Waals surface area contributed by atoms with Gasteiger partial charge in [0.15, 0.2) is 5.75 Å². The number of anilines is 3. The molecule has 4 nitrogen and oxygen atoms in total. The molecule has 0 bridgehead atoms. The van der Waals surface area contributed by atoms with Gasteiger partial charge in [-0.2, -0.15) is 0 Å². The zero-order valence-electron chi connectivity index (χ0n) is 20.8. The Morgan fingerprint density at radius 2 is 1.61 bits per heavy atom. The summed E-state index contributed by atoms with van der Waals surface area (Å²) < 4.78 is 7.22. The molecule has 4 heteroatoms. The summed E-state index contributed by atoms with van der Waals surface area (Å²) >= 11 is 0. The Labute approximate surface area is 211 Å². The van der Waals surface area contributed by atoms with Gasteiger partial charge in [0.2, 0.25) is 5.72 Å². The van der Waals surface area contributed by atoms with Gasteiger partial charge >= 0.3 is 0 Å².